The highest BCUT2D eigenvalue weighted by Crippen LogP contribution is 2.35. The standard InChI is InChI=1S/C32H30N2/c1-25-24-27(26-18-21-29(22-19-26)33(2)28-12-6-3-7-13-28)20-23-32(25)34(30-14-8-4-9-15-30)31-16-10-5-11-17-31/h3-25,32H,1-2H3. The van der Waals surface area contributed by atoms with Gasteiger partial charge in [-0.15, -0.1) is 0 Å². The summed E-state index contributed by atoms with van der Waals surface area (Å²) >= 11 is 0. The van der Waals surface area contributed by atoms with E-state index in [0.717, 1.165) is 0 Å². The second-order valence-electron chi connectivity index (χ2n) is 8.81. The first-order valence-corrected chi connectivity index (χ1v) is 11.9. The normalized spacial score (nSPS) is 17.2. The monoisotopic (exact) mass is 442 g/mol. The van der Waals surface area contributed by atoms with Crippen molar-refractivity contribution in [3.63, 3.8) is 0 Å². The molecule has 0 aliphatic heterocycles. The van der Waals surface area contributed by atoms with Gasteiger partial charge in [0.25, 0.3) is 0 Å². The Morgan fingerprint density at radius 3 is 1.53 bits per heavy atom. The second-order valence-corrected chi connectivity index (χ2v) is 8.81. The zero-order chi connectivity index (χ0) is 23.3. The van der Waals surface area contributed by atoms with E-state index in [9.17, 15) is 0 Å². The van der Waals surface area contributed by atoms with Gasteiger partial charge in [-0.3, -0.25) is 0 Å². The van der Waals surface area contributed by atoms with E-state index in [1.807, 2.05) is 6.07 Å². The molecular formula is C32H30N2. The highest BCUT2D eigenvalue weighted by molar-refractivity contribution is 5.78. The summed E-state index contributed by atoms with van der Waals surface area (Å²) in [6.45, 7) is 2.31. The van der Waals surface area contributed by atoms with Crippen molar-refractivity contribution < 1.29 is 0 Å². The second kappa shape index (κ2) is 9.84. The van der Waals surface area contributed by atoms with Crippen LogP contribution in [-0.4, -0.2) is 13.1 Å². The van der Waals surface area contributed by atoms with Crippen molar-refractivity contribution in [2.45, 2.75) is 13.0 Å². The molecule has 0 bridgehead atoms. The molecule has 0 saturated carbocycles. The molecule has 168 valence electrons. The number of benzene rings is 4. The molecule has 0 heterocycles. The van der Waals surface area contributed by atoms with E-state index in [2.05, 4.69) is 151 Å². The summed E-state index contributed by atoms with van der Waals surface area (Å²) in [5.41, 5.74) is 7.31. The highest BCUT2D eigenvalue weighted by atomic mass is 15.2. The van der Waals surface area contributed by atoms with Gasteiger partial charge in [-0.1, -0.05) is 91.9 Å². The lowest BCUT2D eigenvalue weighted by Crippen LogP contribution is -2.35. The molecule has 0 amide bonds. The fourth-order valence-electron chi connectivity index (χ4n) is 4.68. The van der Waals surface area contributed by atoms with Crippen LogP contribution in [-0.2, 0) is 0 Å². The van der Waals surface area contributed by atoms with Crippen molar-refractivity contribution in [3.05, 3.63) is 139 Å². The summed E-state index contributed by atoms with van der Waals surface area (Å²) in [4.78, 5) is 4.65. The van der Waals surface area contributed by atoms with Gasteiger partial charge in [-0.25, -0.2) is 0 Å². The molecule has 2 nitrogen and oxygen atoms in total. The van der Waals surface area contributed by atoms with Crippen molar-refractivity contribution in [1.29, 1.82) is 0 Å². The lowest BCUT2D eigenvalue weighted by atomic mass is 9.88. The van der Waals surface area contributed by atoms with Crippen LogP contribution in [0, 0.1) is 5.92 Å². The molecule has 0 aromatic heterocycles. The average molecular weight is 443 g/mol. The topological polar surface area (TPSA) is 6.48 Å². The fourth-order valence-corrected chi connectivity index (χ4v) is 4.68. The van der Waals surface area contributed by atoms with Crippen LogP contribution in [0.3, 0.4) is 0 Å². The van der Waals surface area contributed by atoms with Gasteiger partial charge >= 0.3 is 0 Å². The molecule has 5 rings (SSSR count). The molecule has 4 aromatic carbocycles. The maximum atomic E-state index is 2.44. The first kappa shape index (κ1) is 21.8. The van der Waals surface area contributed by atoms with Crippen LogP contribution in [0.2, 0.25) is 0 Å². The van der Waals surface area contributed by atoms with Gasteiger partial charge in [0.15, 0.2) is 0 Å². The number of nitrogens with zero attached hydrogens (tertiary/aromatic N) is 2. The van der Waals surface area contributed by atoms with Crippen molar-refractivity contribution in [3.8, 4) is 0 Å². The van der Waals surface area contributed by atoms with Crippen LogP contribution in [0.25, 0.3) is 5.57 Å². The van der Waals surface area contributed by atoms with E-state index >= 15 is 0 Å². The number of anilines is 4. The van der Waals surface area contributed by atoms with Crippen LogP contribution in [0.4, 0.5) is 22.7 Å². The van der Waals surface area contributed by atoms with Crippen molar-refractivity contribution >= 4 is 28.3 Å². The summed E-state index contributed by atoms with van der Waals surface area (Å²) in [7, 11) is 2.11. The van der Waals surface area contributed by atoms with Gasteiger partial charge < -0.3 is 9.80 Å². The van der Waals surface area contributed by atoms with Crippen LogP contribution in [0.5, 0.6) is 0 Å². The third-order valence-corrected chi connectivity index (χ3v) is 6.55. The SMILES string of the molecule is CC1C=C(c2ccc(N(C)c3ccccc3)cc2)C=CC1N(c1ccccc1)c1ccccc1. The van der Waals surface area contributed by atoms with Gasteiger partial charge in [-0.2, -0.15) is 0 Å². The Kier molecular flexibility index (Phi) is 6.31. The molecule has 0 N–H and O–H groups in total. The van der Waals surface area contributed by atoms with E-state index in [1.165, 1.54) is 33.9 Å². The molecular weight excluding hydrogens is 412 g/mol. The minimum Gasteiger partial charge on any atom is -0.345 e. The lowest BCUT2D eigenvalue weighted by molar-refractivity contribution is 0.611. The van der Waals surface area contributed by atoms with Crippen molar-refractivity contribution in [2.75, 3.05) is 16.8 Å². The van der Waals surface area contributed by atoms with E-state index in [4.69, 9.17) is 0 Å². The number of hydrogen-bond donors (Lipinski definition) is 0. The first-order valence-electron chi connectivity index (χ1n) is 11.9. The molecule has 2 atom stereocenters. The summed E-state index contributed by atoms with van der Waals surface area (Å²) < 4.78 is 0. The molecule has 4 aromatic rings. The third-order valence-electron chi connectivity index (χ3n) is 6.55. The highest BCUT2D eigenvalue weighted by Gasteiger charge is 2.25. The molecule has 1 aliphatic carbocycles. The van der Waals surface area contributed by atoms with Gasteiger partial charge in [0.05, 0.1) is 6.04 Å². The predicted molar refractivity (Wildman–Crippen MR) is 146 cm³/mol. The molecule has 0 saturated heterocycles. The third kappa shape index (κ3) is 4.53. The van der Waals surface area contributed by atoms with Crippen LogP contribution in [0.15, 0.2) is 133 Å². The zero-order valence-electron chi connectivity index (χ0n) is 19.8. The van der Waals surface area contributed by atoms with Crippen LogP contribution >= 0.6 is 0 Å². The largest absolute Gasteiger partial charge is 0.345 e. The predicted octanol–water partition coefficient (Wildman–Crippen LogP) is 8.25. The number of rotatable bonds is 6. The molecule has 0 radical (unpaired) electrons. The van der Waals surface area contributed by atoms with Gasteiger partial charge in [0, 0.05) is 29.8 Å². The molecule has 2 heteroatoms. The van der Waals surface area contributed by atoms with Gasteiger partial charge in [0.1, 0.15) is 0 Å². The number of allylic oxidation sites excluding steroid dienone is 2. The molecule has 1 aliphatic rings. The summed E-state index contributed by atoms with van der Waals surface area (Å²) in [6, 6.07) is 40.9. The Morgan fingerprint density at radius 1 is 0.559 bits per heavy atom. The summed E-state index contributed by atoms with van der Waals surface area (Å²) in [5.74, 6) is 0.354. The van der Waals surface area contributed by atoms with Crippen molar-refractivity contribution in [2.24, 2.45) is 5.92 Å². The summed E-state index contributed by atoms with van der Waals surface area (Å²) in [5, 5.41) is 0. The van der Waals surface area contributed by atoms with Crippen molar-refractivity contribution in [1.82, 2.24) is 0 Å². The molecule has 34 heavy (non-hydrogen) atoms. The van der Waals surface area contributed by atoms with Crippen LogP contribution < -0.4 is 9.80 Å². The van der Waals surface area contributed by atoms with Crippen LogP contribution in [0.1, 0.15) is 12.5 Å². The molecule has 0 fully saturated rings. The molecule has 0 spiro atoms. The minimum atomic E-state index is 0.247. The average Bonchev–Trinajstić information content (AvgIpc) is 2.91. The fraction of sp³-hybridized carbons (Fsp3) is 0.125. The Bertz CT molecular complexity index is 1220. The summed E-state index contributed by atoms with van der Waals surface area (Å²) in [6.07, 6.45) is 7.03. The van der Waals surface area contributed by atoms with E-state index in [0.29, 0.717) is 5.92 Å². The van der Waals surface area contributed by atoms with Gasteiger partial charge in [-0.05, 0) is 65.6 Å². The maximum Gasteiger partial charge on any atom is 0.0585 e. The number of para-hydroxylation sites is 3. The minimum absolute atomic E-state index is 0.247. The quantitative estimate of drug-likeness (QED) is 0.297. The Balaban J connectivity index is 1.39. The van der Waals surface area contributed by atoms with E-state index in [1.54, 1.807) is 0 Å². The van der Waals surface area contributed by atoms with E-state index < -0.39 is 0 Å². The Morgan fingerprint density at radius 2 is 1.03 bits per heavy atom. The number of hydrogen-bond acceptors (Lipinski definition) is 2. The van der Waals surface area contributed by atoms with Gasteiger partial charge in [0.2, 0.25) is 0 Å². The Labute approximate surface area is 203 Å². The first-order chi connectivity index (χ1) is 16.7. The maximum absolute atomic E-state index is 2.44. The zero-order valence-corrected chi connectivity index (χ0v) is 19.8. The smallest absolute Gasteiger partial charge is 0.0585 e. The van der Waals surface area contributed by atoms with E-state index in [-0.39, 0.29) is 6.04 Å². The molecule has 2 unspecified atom stereocenters. The lowest BCUT2D eigenvalue weighted by Gasteiger charge is -2.36. The Hall–Kier alpha value is -4.04.